The van der Waals surface area contributed by atoms with Gasteiger partial charge in [-0.1, -0.05) is 20.8 Å². The Hall–Kier alpha value is -0.610. The molecule has 2 heterocycles. The maximum Gasteiger partial charge on any atom is 0.235 e. The van der Waals surface area contributed by atoms with Crippen molar-refractivity contribution in [3.05, 3.63) is 0 Å². The predicted molar refractivity (Wildman–Crippen MR) is 77.8 cm³/mol. The molecule has 0 spiro atoms. The maximum atomic E-state index is 11.8. The minimum absolute atomic E-state index is 0.0791. The number of nitrogens with one attached hydrogen (secondary N) is 1. The Morgan fingerprint density at radius 2 is 1.89 bits per heavy atom. The highest BCUT2D eigenvalue weighted by Crippen LogP contribution is 2.38. The Balaban J connectivity index is 2.04. The zero-order chi connectivity index (χ0) is 14.0. The van der Waals surface area contributed by atoms with Crippen LogP contribution in [-0.2, 0) is 4.79 Å². The van der Waals surface area contributed by atoms with Gasteiger partial charge in [0.25, 0.3) is 0 Å². The summed E-state index contributed by atoms with van der Waals surface area (Å²) in [7, 11) is 0. The lowest BCUT2D eigenvalue weighted by molar-refractivity contribution is -0.127. The topological polar surface area (TPSA) is 58.4 Å². The van der Waals surface area contributed by atoms with Crippen LogP contribution in [0.2, 0.25) is 0 Å². The van der Waals surface area contributed by atoms with E-state index in [9.17, 15) is 4.79 Å². The van der Waals surface area contributed by atoms with E-state index in [-0.39, 0.29) is 11.9 Å². The van der Waals surface area contributed by atoms with Gasteiger partial charge in [0.15, 0.2) is 0 Å². The summed E-state index contributed by atoms with van der Waals surface area (Å²) in [5.41, 5.74) is 5.64. The Bertz CT molecular complexity index is 305. The number of piperidine rings is 1. The van der Waals surface area contributed by atoms with E-state index in [1.54, 1.807) is 0 Å². The third kappa shape index (κ3) is 3.11. The molecule has 4 nitrogen and oxygen atoms in total. The lowest BCUT2D eigenvalue weighted by Gasteiger charge is -2.44. The number of fused-ring (bicyclic) bond motifs is 2. The molecule has 2 saturated heterocycles. The molecule has 1 amide bonds. The number of amides is 1. The molecule has 3 atom stereocenters. The van der Waals surface area contributed by atoms with E-state index in [4.69, 9.17) is 5.73 Å². The van der Waals surface area contributed by atoms with Crippen LogP contribution < -0.4 is 11.1 Å². The number of nitrogens with two attached hydrogens (primary N) is 1. The Labute approximate surface area is 117 Å². The van der Waals surface area contributed by atoms with Crippen LogP contribution in [0.3, 0.4) is 0 Å². The molecule has 0 radical (unpaired) electrons. The second-order valence-corrected chi connectivity index (χ2v) is 6.55. The van der Waals surface area contributed by atoms with Crippen LogP contribution >= 0.6 is 0 Å². The number of primary amides is 1. The van der Waals surface area contributed by atoms with Crippen molar-refractivity contribution >= 4 is 5.91 Å². The summed E-state index contributed by atoms with van der Waals surface area (Å²) in [4.78, 5) is 14.2. The van der Waals surface area contributed by atoms with Crippen LogP contribution in [0.25, 0.3) is 0 Å². The van der Waals surface area contributed by atoms with Crippen molar-refractivity contribution < 1.29 is 4.79 Å². The van der Waals surface area contributed by atoms with Crippen LogP contribution in [0.4, 0.5) is 0 Å². The van der Waals surface area contributed by atoms with Crippen molar-refractivity contribution in [2.75, 3.05) is 6.54 Å². The largest absolute Gasteiger partial charge is 0.368 e. The van der Waals surface area contributed by atoms with E-state index >= 15 is 0 Å². The van der Waals surface area contributed by atoms with Gasteiger partial charge in [0.1, 0.15) is 0 Å². The summed E-state index contributed by atoms with van der Waals surface area (Å²) in [6, 6.07) is 1.65. The molecule has 19 heavy (non-hydrogen) atoms. The van der Waals surface area contributed by atoms with E-state index in [0.29, 0.717) is 24.0 Å². The van der Waals surface area contributed by atoms with Crippen molar-refractivity contribution in [3.63, 3.8) is 0 Å². The lowest BCUT2D eigenvalue weighted by atomic mass is 9.91. The Kier molecular flexibility index (Phi) is 4.85. The summed E-state index contributed by atoms with van der Waals surface area (Å²) >= 11 is 0. The molecule has 110 valence electrons. The van der Waals surface area contributed by atoms with Gasteiger partial charge in [0, 0.05) is 18.1 Å². The third-order valence-electron chi connectivity index (χ3n) is 4.72. The fourth-order valence-electron chi connectivity index (χ4n) is 4.00. The van der Waals surface area contributed by atoms with Crippen LogP contribution in [-0.4, -0.2) is 41.5 Å². The molecule has 2 aliphatic rings. The summed E-state index contributed by atoms with van der Waals surface area (Å²) in [6.07, 6.45) is 5.99. The van der Waals surface area contributed by atoms with Gasteiger partial charge in [-0.2, -0.15) is 0 Å². The van der Waals surface area contributed by atoms with E-state index in [1.807, 2.05) is 0 Å². The molecule has 0 aromatic rings. The van der Waals surface area contributed by atoms with Crippen LogP contribution in [0.1, 0.15) is 52.9 Å². The third-order valence-corrected chi connectivity index (χ3v) is 4.72. The SMILES string of the molecule is CCCNC1CC2CCC(C1)N2C(C(N)=O)C(C)C. The normalized spacial score (nSPS) is 32.7. The van der Waals surface area contributed by atoms with Gasteiger partial charge < -0.3 is 11.1 Å². The van der Waals surface area contributed by atoms with Crippen LogP contribution in [0.5, 0.6) is 0 Å². The fraction of sp³-hybridized carbons (Fsp3) is 0.933. The first-order chi connectivity index (χ1) is 9.04. The molecule has 2 bridgehead atoms. The highest BCUT2D eigenvalue weighted by molar-refractivity contribution is 5.80. The van der Waals surface area contributed by atoms with E-state index < -0.39 is 0 Å². The minimum Gasteiger partial charge on any atom is -0.368 e. The second kappa shape index (κ2) is 6.23. The van der Waals surface area contributed by atoms with Gasteiger partial charge in [-0.25, -0.2) is 0 Å². The van der Waals surface area contributed by atoms with Gasteiger partial charge in [0.05, 0.1) is 6.04 Å². The average Bonchev–Trinajstić information content (AvgIpc) is 2.60. The Morgan fingerprint density at radius 3 is 2.32 bits per heavy atom. The molecule has 0 aromatic carbocycles. The van der Waals surface area contributed by atoms with Crippen LogP contribution in [0.15, 0.2) is 0 Å². The number of carbonyl (C=O) groups excluding carboxylic acids is 1. The first-order valence-corrected chi connectivity index (χ1v) is 7.84. The molecule has 2 fully saturated rings. The Morgan fingerprint density at radius 1 is 1.32 bits per heavy atom. The molecule has 2 rings (SSSR count). The van der Waals surface area contributed by atoms with Gasteiger partial charge in [-0.3, -0.25) is 9.69 Å². The lowest BCUT2D eigenvalue weighted by Crippen LogP contribution is -2.58. The van der Waals surface area contributed by atoms with E-state index in [2.05, 4.69) is 31.0 Å². The predicted octanol–water partition coefficient (Wildman–Crippen LogP) is 1.49. The van der Waals surface area contributed by atoms with Crippen LogP contribution in [0, 0.1) is 5.92 Å². The highest BCUT2D eigenvalue weighted by atomic mass is 16.1. The fourth-order valence-corrected chi connectivity index (χ4v) is 4.00. The average molecular weight is 267 g/mol. The van der Waals surface area contributed by atoms with Crippen molar-refractivity contribution in [2.45, 2.75) is 77.0 Å². The zero-order valence-electron chi connectivity index (χ0n) is 12.6. The maximum absolute atomic E-state index is 11.8. The van der Waals surface area contributed by atoms with Crippen molar-refractivity contribution in [1.29, 1.82) is 0 Å². The quantitative estimate of drug-likeness (QED) is 0.766. The molecule has 3 N–H and O–H groups in total. The zero-order valence-corrected chi connectivity index (χ0v) is 12.6. The number of carbonyl (C=O) groups is 1. The van der Waals surface area contributed by atoms with Crippen molar-refractivity contribution in [1.82, 2.24) is 10.2 Å². The van der Waals surface area contributed by atoms with Crippen molar-refractivity contribution in [2.24, 2.45) is 11.7 Å². The minimum atomic E-state index is -0.146. The number of rotatable bonds is 6. The molecule has 0 aromatic heterocycles. The first-order valence-electron chi connectivity index (χ1n) is 7.84. The molecule has 0 saturated carbocycles. The molecule has 3 unspecified atom stereocenters. The molecule has 4 heteroatoms. The standard InChI is InChI=1S/C15H29N3O/c1-4-7-17-11-8-12-5-6-13(9-11)18(12)14(10(2)3)15(16)19/h10-14,17H,4-9H2,1-3H3,(H2,16,19). The molecular weight excluding hydrogens is 238 g/mol. The first kappa shape index (κ1) is 14.8. The second-order valence-electron chi connectivity index (χ2n) is 6.55. The number of hydrogen-bond acceptors (Lipinski definition) is 3. The summed E-state index contributed by atoms with van der Waals surface area (Å²) in [5, 5.41) is 3.65. The van der Waals surface area contributed by atoms with Crippen molar-refractivity contribution in [3.8, 4) is 0 Å². The summed E-state index contributed by atoms with van der Waals surface area (Å²) in [6.45, 7) is 7.53. The van der Waals surface area contributed by atoms with Gasteiger partial charge in [-0.15, -0.1) is 0 Å². The summed E-state index contributed by atoms with van der Waals surface area (Å²) in [5.74, 6) is 0.160. The molecular formula is C15H29N3O. The highest BCUT2D eigenvalue weighted by Gasteiger charge is 2.45. The van der Waals surface area contributed by atoms with Gasteiger partial charge in [0.2, 0.25) is 5.91 Å². The number of nitrogens with zero attached hydrogens (tertiary/aromatic N) is 1. The number of hydrogen-bond donors (Lipinski definition) is 2. The van der Waals surface area contributed by atoms with Gasteiger partial charge >= 0.3 is 0 Å². The summed E-state index contributed by atoms with van der Waals surface area (Å²) < 4.78 is 0. The van der Waals surface area contributed by atoms with E-state index in [0.717, 1.165) is 6.54 Å². The smallest absolute Gasteiger partial charge is 0.235 e. The monoisotopic (exact) mass is 267 g/mol. The van der Waals surface area contributed by atoms with Gasteiger partial charge in [-0.05, 0) is 44.6 Å². The molecule has 0 aliphatic carbocycles. The molecule has 2 aliphatic heterocycles. The van der Waals surface area contributed by atoms with E-state index in [1.165, 1.54) is 32.1 Å².